The van der Waals surface area contributed by atoms with Gasteiger partial charge in [-0.15, -0.1) is 18.8 Å². The van der Waals surface area contributed by atoms with Crippen molar-refractivity contribution in [1.82, 2.24) is 15.5 Å². The molecule has 0 unspecified atom stereocenters. The number of halogens is 1. The summed E-state index contributed by atoms with van der Waals surface area (Å²) < 4.78 is 14.6. The van der Waals surface area contributed by atoms with E-state index in [1.165, 1.54) is 6.92 Å². The van der Waals surface area contributed by atoms with E-state index in [-0.39, 0.29) is 54.8 Å². The molecule has 11 heteroatoms. The molecule has 0 saturated carbocycles. The molecule has 35 heavy (non-hydrogen) atoms. The molecule has 0 bridgehead atoms. The van der Waals surface area contributed by atoms with Gasteiger partial charge in [-0.3, -0.25) is 14.4 Å². The summed E-state index contributed by atoms with van der Waals surface area (Å²) in [6, 6.07) is 0. The van der Waals surface area contributed by atoms with Gasteiger partial charge in [-0.2, -0.15) is 0 Å². The van der Waals surface area contributed by atoms with Gasteiger partial charge in [-0.1, -0.05) is 5.92 Å². The highest BCUT2D eigenvalue weighted by molar-refractivity contribution is 5.85. The predicted molar refractivity (Wildman–Crippen MR) is 128 cm³/mol. The first kappa shape index (κ1) is 28.5. The van der Waals surface area contributed by atoms with Crippen molar-refractivity contribution in [3.8, 4) is 12.3 Å². The summed E-state index contributed by atoms with van der Waals surface area (Å²) >= 11 is 0. The molecule has 2 aliphatic rings. The minimum absolute atomic E-state index is 0. The summed E-state index contributed by atoms with van der Waals surface area (Å²) in [4.78, 5) is 50.5. The molecule has 2 saturated heterocycles. The summed E-state index contributed by atoms with van der Waals surface area (Å²) in [5, 5.41) is 6.05. The molecule has 2 fully saturated rings. The minimum Gasteiger partial charge on any atom is -0.456 e. The Labute approximate surface area is 210 Å². The number of amides is 2. The molecular weight excluding hydrogens is 478 g/mol. The summed E-state index contributed by atoms with van der Waals surface area (Å²) in [6.07, 6.45) is 10.5. The Kier molecular flexibility index (Phi) is 11.3. The Bertz CT molecular complexity index is 961. The highest BCUT2D eigenvalue weighted by Crippen LogP contribution is 2.21. The average molecular weight is 512 g/mol. The third kappa shape index (κ3) is 8.44. The number of esters is 1. The van der Waals surface area contributed by atoms with Crippen LogP contribution in [0.5, 0.6) is 0 Å². The summed E-state index contributed by atoms with van der Waals surface area (Å²) in [5.74, 6) is 0.159. The maximum absolute atomic E-state index is 12.7. The summed E-state index contributed by atoms with van der Waals surface area (Å²) in [7, 11) is 0. The van der Waals surface area contributed by atoms with Crippen molar-refractivity contribution in [3.05, 3.63) is 22.1 Å². The molecule has 1 aromatic rings. The van der Waals surface area contributed by atoms with E-state index in [0.717, 1.165) is 38.8 Å². The van der Waals surface area contributed by atoms with Crippen LogP contribution in [0.25, 0.3) is 0 Å². The van der Waals surface area contributed by atoms with Gasteiger partial charge < -0.3 is 29.1 Å². The molecule has 2 amide bonds. The number of hydrogen-bond donors (Lipinski definition) is 2. The van der Waals surface area contributed by atoms with Crippen LogP contribution in [0.4, 0.5) is 0 Å². The number of carbonyl (C=O) groups is 3. The number of nitrogens with zero attached hydrogens (tertiary/aromatic N) is 1. The standard InChI is InChI=1S/C24H33N3O7.ClH/c1-3-18(23(30)32-15-20-16(2)33-24(31)34-20)13-26-22(29)19-5-4-12-27(14-19)21(28)7-6-17-8-10-25-11-9-17;/h1,17-19,25H,4-15H2,2H3,(H,26,29);1H/t18-,19+;/m0./s1. The zero-order valence-corrected chi connectivity index (χ0v) is 20.8. The van der Waals surface area contributed by atoms with Crippen molar-refractivity contribution in [2.75, 3.05) is 32.7 Å². The topological polar surface area (TPSA) is 131 Å². The highest BCUT2D eigenvalue weighted by atomic mass is 35.5. The van der Waals surface area contributed by atoms with E-state index < -0.39 is 17.7 Å². The zero-order chi connectivity index (χ0) is 24.5. The third-order valence-corrected chi connectivity index (χ3v) is 6.52. The van der Waals surface area contributed by atoms with Crippen LogP contribution in [0.2, 0.25) is 0 Å². The third-order valence-electron chi connectivity index (χ3n) is 6.52. The molecule has 0 spiro atoms. The highest BCUT2D eigenvalue weighted by Gasteiger charge is 2.29. The van der Waals surface area contributed by atoms with E-state index in [0.29, 0.717) is 31.8 Å². The van der Waals surface area contributed by atoms with Gasteiger partial charge in [0, 0.05) is 26.1 Å². The molecule has 2 atom stereocenters. The van der Waals surface area contributed by atoms with Crippen molar-refractivity contribution >= 4 is 30.2 Å². The van der Waals surface area contributed by atoms with Crippen LogP contribution in [0.3, 0.4) is 0 Å². The first-order valence-corrected chi connectivity index (χ1v) is 11.9. The van der Waals surface area contributed by atoms with Gasteiger partial charge in [0.1, 0.15) is 5.92 Å². The van der Waals surface area contributed by atoms with Crippen molar-refractivity contribution in [3.63, 3.8) is 0 Å². The lowest BCUT2D eigenvalue weighted by Gasteiger charge is -2.33. The first-order chi connectivity index (χ1) is 16.4. The zero-order valence-electron chi connectivity index (χ0n) is 20.0. The summed E-state index contributed by atoms with van der Waals surface area (Å²) in [5.41, 5.74) is 0. The number of nitrogens with one attached hydrogen (secondary N) is 2. The molecule has 3 heterocycles. The van der Waals surface area contributed by atoms with E-state index in [4.69, 9.17) is 20.0 Å². The van der Waals surface area contributed by atoms with Gasteiger partial charge >= 0.3 is 11.8 Å². The van der Waals surface area contributed by atoms with Crippen LogP contribution in [0, 0.1) is 37.0 Å². The number of carbonyl (C=O) groups excluding carboxylic acids is 3. The Morgan fingerprint density at radius 1 is 1.26 bits per heavy atom. The number of aryl methyl sites for hydroxylation is 1. The number of rotatable bonds is 9. The molecule has 2 N–H and O–H groups in total. The number of piperidine rings is 2. The Morgan fingerprint density at radius 2 is 2.00 bits per heavy atom. The van der Waals surface area contributed by atoms with E-state index in [1.54, 1.807) is 4.90 Å². The second kappa shape index (κ2) is 14.0. The SMILES string of the molecule is C#C[C@@H](CNC(=O)[C@@H]1CCCN(C(=O)CCC2CCNCC2)C1)C(=O)OCc1oc(=O)oc1C.Cl. The molecule has 0 aromatic carbocycles. The normalized spacial score (nSPS) is 19.2. The fourth-order valence-corrected chi connectivity index (χ4v) is 4.37. The largest absolute Gasteiger partial charge is 0.519 e. The Hall–Kier alpha value is -2.77. The number of hydrogen-bond acceptors (Lipinski definition) is 8. The van der Waals surface area contributed by atoms with Gasteiger partial charge in [0.15, 0.2) is 18.1 Å². The maximum atomic E-state index is 12.7. The van der Waals surface area contributed by atoms with Gasteiger partial charge in [0.2, 0.25) is 11.8 Å². The smallest absolute Gasteiger partial charge is 0.456 e. The monoisotopic (exact) mass is 511 g/mol. The van der Waals surface area contributed by atoms with Gasteiger partial charge in [0.05, 0.1) is 5.92 Å². The Balaban J connectivity index is 0.00000432. The second-order valence-electron chi connectivity index (χ2n) is 8.92. The molecule has 3 rings (SSSR count). The quantitative estimate of drug-likeness (QED) is 0.375. The molecule has 2 aliphatic heterocycles. The lowest BCUT2D eigenvalue weighted by Crippen LogP contribution is -2.46. The maximum Gasteiger partial charge on any atom is 0.519 e. The number of likely N-dealkylation sites (tertiary alicyclic amines) is 1. The molecule has 1 aromatic heterocycles. The van der Waals surface area contributed by atoms with Gasteiger partial charge in [-0.05, 0) is 58.0 Å². The first-order valence-electron chi connectivity index (χ1n) is 11.9. The van der Waals surface area contributed by atoms with E-state index in [9.17, 15) is 19.2 Å². The van der Waals surface area contributed by atoms with E-state index in [1.807, 2.05) is 0 Å². The van der Waals surface area contributed by atoms with Crippen LogP contribution in [0.1, 0.15) is 50.0 Å². The van der Waals surface area contributed by atoms with Crippen molar-refractivity contribution in [2.45, 2.75) is 52.1 Å². The van der Waals surface area contributed by atoms with Crippen LogP contribution in [-0.2, 0) is 25.7 Å². The lowest BCUT2D eigenvalue weighted by atomic mass is 9.92. The molecule has 0 aliphatic carbocycles. The van der Waals surface area contributed by atoms with Gasteiger partial charge in [-0.25, -0.2) is 4.79 Å². The van der Waals surface area contributed by atoms with Crippen LogP contribution in [-0.4, -0.2) is 55.4 Å². The fourth-order valence-electron chi connectivity index (χ4n) is 4.37. The molecule has 10 nitrogen and oxygen atoms in total. The minimum atomic E-state index is -0.991. The van der Waals surface area contributed by atoms with Crippen molar-refractivity contribution in [1.29, 1.82) is 0 Å². The molecular formula is C24H34ClN3O7. The average Bonchev–Trinajstić information content (AvgIpc) is 3.18. The summed E-state index contributed by atoms with van der Waals surface area (Å²) in [6.45, 7) is 4.20. The second-order valence-corrected chi connectivity index (χ2v) is 8.92. The number of terminal acetylenes is 1. The van der Waals surface area contributed by atoms with E-state index >= 15 is 0 Å². The van der Waals surface area contributed by atoms with Gasteiger partial charge in [0.25, 0.3) is 0 Å². The lowest BCUT2D eigenvalue weighted by molar-refractivity contribution is -0.148. The molecule has 194 valence electrons. The van der Waals surface area contributed by atoms with Crippen LogP contribution < -0.4 is 16.5 Å². The predicted octanol–water partition coefficient (Wildman–Crippen LogP) is 1.39. The Morgan fingerprint density at radius 3 is 2.66 bits per heavy atom. The van der Waals surface area contributed by atoms with Crippen molar-refractivity contribution in [2.24, 2.45) is 17.8 Å². The van der Waals surface area contributed by atoms with Crippen LogP contribution >= 0.6 is 12.4 Å². The van der Waals surface area contributed by atoms with E-state index in [2.05, 4.69) is 16.6 Å². The number of ether oxygens (including phenoxy) is 1. The molecule has 0 radical (unpaired) electrons. The van der Waals surface area contributed by atoms with Crippen LogP contribution in [0.15, 0.2) is 13.6 Å². The van der Waals surface area contributed by atoms with Crippen molar-refractivity contribution < 1.29 is 28.0 Å². The fraction of sp³-hybridized carbons (Fsp3) is 0.667.